The molecule has 54 heavy (non-hydrogen) atoms. The van der Waals surface area contributed by atoms with E-state index < -0.39 is 71.7 Å². The van der Waals surface area contributed by atoms with E-state index in [2.05, 4.69) is 9.97 Å². The predicted molar refractivity (Wildman–Crippen MR) is 206 cm³/mol. The van der Waals surface area contributed by atoms with Gasteiger partial charge >= 0.3 is 11.9 Å². The van der Waals surface area contributed by atoms with Crippen LogP contribution in [0, 0.1) is 30.4 Å². The number of nitrogens with two attached hydrogens (primary N) is 2. The number of hydrogen-bond donors (Lipinski definition) is 4. The molecule has 0 amide bonds. The Bertz CT molecular complexity index is 1840. The van der Waals surface area contributed by atoms with E-state index in [1.807, 2.05) is 45.2 Å². The molecule has 2 saturated carbocycles. The lowest BCUT2D eigenvalue weighted by atomic mass is 9.90. The number of aromatic nitrogens is 2. The maximum Gasteiger partial charge on any atom is 0.341 e. The quantitative estimate of drug-likeness (QED) is 0.0947. The van der Waals surface area contributed by atoms with Crippen LogP contribution in [0.15, 0.2) is 61.2 Å². The Kier molecular flexibility index (Phi) is 14.8. The van der Waals surface area contributed by atoms with Crippen LogP contribution in [0.25, 0.3) is 0 Å². The topological polar surface area (TPSA) is 171 Å². The van der Waals surface area contributed by atoms with Gasteiger partial charge in [0.2, 0.25) is 0 Å². The monoisotopic (exact) mass is 976 g/mol. The molecule has 0 saturated heterocycles. The van der Waals surface area contributed by atoms with Crippen LogP contribution >= 0.6 is 45.2 Å². The molecule has 0 bridgehead atoms. The van der Waals surface area contributed by atoms with Crippen molar-refractivity contribution in [3.63, 3.8) is 0 Å². The van der Waals surface area contributed by atoms with E-state index in [1.165, 1.54) is 24.5 Å². The molecule has 2 aromatic heterocycles. The minimum absolute atomic E-state index is 0.00925. The number of carbonyl (C=O) groups is 2. The lowest BCUT2D eigenvalue weighted by Gasteiger charge is -2.32. The first-order valence-electron chi connectivity index (χ1n) is 17.1. The van der Waals surface area contributed by atoms with Crippen LogP contribution in [0.1, 0.15) is 81.5 Å². The molecular formula is C38H38F4I2N4O6. The molecule has 0 unspecified atom stereocenters. The van der Waals surface area contributed by atoms with Crippen LogP contribution in [0.4, 0.5) is 17.6 Å². The van der Waals surface area contributed by atoms with E-state index in [1.54, 1.807) is 24.3 Å². The maximum atomic E-state index is 14.4. The normalized spacial score (nSPS) is 22.5. The van der Waals surface area contributed by atoms with Crippen molar-refractivity contribution < 1.29 is 46.8 Å². The van der Waals surface area contributed by atoms with E-state index in [0.717, 1.165) is 19.5 Å². The van der Waals surface area contributed by atoms with Crippen molar-refractivity contribution in [2.75, 3.05) is 0 Å². The molecule has 6 atom stereocenters. The molecule has 0 radical (unpaired) electrons. The molecule has 10 nitrogen and oxygen atoms in total. The van der Waals surface area contributed by atoms with Gasteiger partial charge in [0.1, 0.15) is 47.2 Å². The number of hydrogen-bond acceptors (Lipinski definition) is 10. The Hall–Kier alpha value is -3.30. The Morgan fingerprint density at radius 3 is 1.39 bits per heavy atom. The number of ether oxygens (including phenoxy) is 2. The molecule has 16 heteroatoms. The number of aliphatic hydroxyl groups excluding tert-OH is 2. The first kappa shape index (κ1) is 41.9. The molecule has 2 aliphatic carbocycles. The third-order valence-electron chi connectivity index (χ3n) is 9.36. The van der Waals surface area contributed by atoms with Gasteiger partial charge in [0.15, 0.2) is 11.6 Å². The molecule has 0 spiro atoms. The van der Waals surface area contributed by atoms with Gasteiger partial charge in [-0.1, -0.05) is 12.1 Å². The first-order valence-corrected chi connectivity index (χ1v) is 19.3. The van der Waals surface area contributed by atoms with E-state index in [4.69, 9.17) is 20.9 Å². The van der Waals surface area contributed by atoms with E-state index in [9.17, 15) is 37.4 Å². The smallest absolute Gasteiger partial charge is 0.341 e. The summed E-state index contributed by atoms with van der Waals surface area (Å²) >= 11 is 3.98. The van der Waals surface area contributed by atoms with Crippen molar-refractivity contribution >= 4 is 57.1 Å². The summed E-state index contributed by atoms with van der Waals surface area (Å²) in [5.74, 6) is -4.41. The second-order valence-electron chi connectivity index (χ2n) is 13.2. The minimum Gasteiger partial charge on any atom is -0.456 e. The summed E-state index contributed by atoms with van der Waals surface area (Å²) in [4.78, 5) is 32.7. The Morgan fingerprint density at radius 2 is 1.02 bits per heavy atom. The zero-order chi connectivity index (χ0) is 39.1. The molecule has 2 aliphatic rings. The van der Waals surface area contributed by atoms with Crippen LogP contribution in [0.3, 0.4) is 0 Å². The van der Waals surface area contributed by atoms with Crippen molar-refractivity contribution in [1.82, 2.24) is 9.97 Å². The molecule has 288 valence electrons. The van der Waals surface area contributed by atoms with Gasteiger partial charge in [-0.15, -0.1) is 0 Å². The number of rotatable bonds is 8. The van der Waals surface area contributed by atoms with E-state index in [0.29, 0.717) is 49.7 Å². The second-order valence-corrected chi connectivity index (χ2v) is 15.7. The van der Waals surface area contributed by atoms with Gasteiger partial charge in [0.25, 0.3) is 0 Å². The summed E-state index contributed by atoms with van der Waals surface area (Å²) in [6, 6.07) is 8.37. The highest BCUT2D eigenvalue weighted by atomic mass is 127. The zero-order valence-corrected chi connectivity index (χ0v) is 33.1. The molecular weight excluding hydrogens is 938 g/mol. The number of pyridine rings is 2. The van der Waals surface area contributed by atoms with Crippen molar-refractivity contribution in [1.29, 1.82) is 0 Å². The lowest BCUT2D eigenvalue weighted by Crippen LogP contribution is -2.48. The van der Waals surface area contributed by atoms with Crippen LogP contribution in [-0.2, 0) is 22.3 Å². The number of halogens is 6. The largest absolute Gasteiger partial charge is 0.456 e. The fraction of sp³-hybridized carbons (Fsp3) is 0.368. The summed E-state index contributed by atoms with van der Waals surface area (Å²) < 4.78 is 69.1. The number of benzene rings is 2. The van der Waals surface area contributed by atoms with Crippen LogP contribution < -0.4 is 11.5 Å². The minimum atomic E-state index is -0.996. The average molecular weight is 977 g/mol. The van der Waals surface area contributed by atoms with E-state index >= 15 is 0 Å². The highest BCUT2D eigenvalue weighted by molar-refractivity contribution is 14.1. The van der Waals surface area contributed by atoms with Crippen molar-refractivity contribution in [2.45, 2.75) is 87.9 Å². The third kappa shape index (κ3) is 10.5. The van der Waals surface area contributed by atoms with Gasteiger partial charge in [-0.3, -0.25) is 9.97 Å². The molecule has 0 aliphatic heterocycles. The SMILES string of the molecule is N[C@@H]1CCC[C@@H](OC(=O)c2c(F)cncc2Cc2ccc(I)cc2F)[C@H]1O.N[C@H]1CCC[C@H](OC(=O)c2c(F)cncc2Cc2ccc(I)cc2F)[C@@H]1O. The van der Waals surface area contributed by atoms with Gasteiger partial charge in [0, 0.05) is 44.5 Å². The lowest BCUT2D eigenvalue weighted by molar-refractivity contribution is -0.0443. The maximum absolute atomic E-state index is 14.4. The molecule has 2 fully saturated rings. The van der Waals surface area contributed by atoms with Gasteiger partial charge in [-0.25, -0.2) is 27.2 Å². The Morgan fingerprint density at radius 1 is 0.630 bits per heavy atom. The Balaban J connectivity index is 0.000000208. The summed E-state index contributed by atoms with van der Waals surface area (Å²) in [5, 5.41) is 20.2. The number of esters is 2. The van der Waals surface area contributed by atoms with Crippen molar-refractivity contribution in [2.24, 2.45) is 11.5 Å². The second kappa shape index (κ2) is 19.0. The van der Waals surface area contributed by atoms with E-state index in [-0.39, 0.29) is 35.1 Å². The van der Waals surface area contributed by atoms with Gasteiger partial charge < -0.3 is 31.2 Å². The van der Waals surface area contributed by atoms with Gasteiger partial charge in [-0.2, -0.15) is 0 Å². The predicted octanol–water partition coefficient (Wildman–Crippen LogP) is 5.91. The summed E-state index contributed by atoms with van der Waals surface area (Å²) in [7, 11) is 0. The fourth-order valence-corrected chi connectivity index (χ4v) is 7.32. The molecule has 6 rings (SSSR count). The summed E-state index contributed by atoms with van der Waals surface area (Å²) in [6.07, 6.45) is 4.44. The Labute approximate surface area is 336 Å². The number of aliphatic hydroxyl groups is 2. The summed E-state index contributed by atoms with van der Waals surface area (Å²) in [5.41, 5.74) is 12.1. The molecule has 4 aromatic rings. The van der Waals surface area contributed by atoms with Crippen LogP contribution in [-0.4, -0.2) is 68.6 Å². The number of carbonyl (C=O) groups excluding carboxylic acids is 2. The summed E-state index contributed by atoms with van der Waals surface area (Å²) in [6.45, 7) is 0. The highest BCUT2D eigenvalue weighted by Gasteiger charge is 2.35. The standard InChI is InChI=1S/2C19H19F2IN2O3/c2*20-13-7-12(22)5-4-10(13)6-11-8-24-9-14(21)17(11)19(26)27-16-3-1-2-15(23)18(16)25/h2*4-5,7-9,15-16,18,25H,1-3,6,23H2/t2*15-,16-,18+/m10/s1. The fourth-order valence-electron chi connectivity index (χ4n) is 6.41. The van der Waals surface area contributed by atoms with Gasteiger partial charge in [-0.05, 0) is 130 Å². The molecule has 2 heterocycles. The number of nitrogens with zero attached hydrogens (tertiary/aromatic N) is 2. The van der Waals surface area contributed by atoms with Crippen LogP contribution in [0.5, 0.6) is 0 Å². The average Bonchev–Trinajstić information content (AvgIpc) is 3.11. The molecule has 6 N–H and O–H groups in total. The van der Waals surface area contributed by atoms with Gasteiger partial charge in [0.05, 0.1) is 12.4 Å². The first-order chi connectivity index (χ1) is 25.7. The third-order valence-corrected chi connectivity index (χ3v) is 10.7. The van der Waals surface area contributed by atoms with Crippen LogP contribution in [0.2, 0.25) is 0 Å². The zero-order valence-electron chi connectivity index (χ0n) is 28.7. The highest BCUT2D eigenvalue weighted by Crippen LogP contribution is 2.27. The van der Waals surface area contributed by atoms with Crippen molar-refractivity contribution in [3.05, 3.63) is 125 Å². The van der Waals surface area contributed by atoms with Crippen molar-refractivity contribution in [3.8, 4) is 0 Å². The molecule has 2 aromatic carbocycles.